The first-order valence-corrected chi connectivity index (χ1v) is 6.33. The first kappa shape index (κ1) is 12.7. The number of nitrogens with zero attached hydrogens (tertiary/aromatic N) is 2. The highest BCUT2D eigenvalue weighted by atomic mass is 15.1. The number of hydrogen-bond donors (Lipinski definition) is 0. The van der Waals surface area contributed by atoms with E-state index in [1.165, 1.54) is 16.7 Å². The smallest absolute Gasteiger partial charge is 0.0932 e. The molecule has 1 aromatic heterocycles. The lowest BCUT2D eigenvalue weighted by atomic mass is 9.87. The second-order valence-electron chi connectivity index (χ2n) is 6.00. The third kappa shape index (κ3) is 3.16. The van der Waals surface area contributed by atoms with Gasteiger partial charge in [-0.15, -0.1) is 0 Å². The molecule has 0 aliphatic rings. The van der Waals surface area contributed by atoms with Crippen LogP contribution < -0.4 is 0 Å². The number of hydrogen-bond acceptors (Lipinski definition) is 2. The van der Waals surface area contributed by atoms with E-state index in [2.05, 4.69) is 56.1 Å². The summed E-state index contributed by atoms with van der Waals surface area (Å²) in [6.45, 7) is 8.92. The molecule has 18 heavy (non-hydrogen) atoms. The molecule has 0 aliphatic heterocycles. The van der Waals surface area contributed by atoms with Crippen LogP contribution in [0.2, 0.25) is 0 Å². The number of aromatic nitrogens is 2. The number of rotatable bonds is 2. The van der Waals surface area contributed by atoms with Crippen molar-refractivity contribution < 1.29 is 0 Å². The Bertz CT molecular complexity index is 525. The Morgan fingerprint density at radius 1 is 1.11 bits per heavy atom. The second-order valence-corrected chi connectivity index (χ2v) is 6.00. The molecule has 0 spiro atoms. The van der Waals surface area contributed by atoms with Gasteiger partial charge >= 0.3 is 0 Å². The van der Waals surface area contributed by atoms with Crippen molar-refractivity contribution >= 4 is 0 Å². The lowest BCUT2D eigenvalue weighted by Gasteiger charge is -2.19. The van der Waals surface area contributed by atoms with Gasteiger partial charge in [-0.1, -0.05) is 39.0 Å². The van der Waals surface area contributed by atoms with Gasteiger partial charge in [0.25, 0.3) is 0 Å². The van der Waals surface area contributed by atoms with E-state index in [4.69, 9.17) is 0 Å². The molecular formula is C16H20N2. The van der Waals surface area contributed by atoms with Crippen LogP contribution >= 0.6 is 0 Å². The Morgan fingerprint density at radius 2 is 1.89 bits per heavy atom. The maximum Gasteiger partial charge on any atom is 0.0932 e. The van der Waals surface area contributed by atoms with E-state index in [1.807, 2.05) is 12.1 Å². The van der Waals surface area contributed by atoms with Crippen molar-refractivity contribution in [2.24, 2.45) is 5.41 Å². The molecule has 0 fully saturated rings. The van der Waals surface area contributed by atoms with Gasteiger partial charge < -0.3 is 0 Å². The van der Waals surface area contributed by atoms with E-state index in [-0.39, 0.29) is 0 Å². The molecule has 0 bridgehead atoms. The summed E-state index contributed by atoms with van der Waals surface area (Å²) < 4.78 is 0. The van der Waals surface area contributed by atoms with Crippen LogP contribution in [0.25, 0.3) is 11.3 Å². The van der Waals surface area contributed by atoms with Gasteiger partial charge in [-0.25, -0.2) is 0 Å². The first-order valence-electron chi connectivity index (χ1n) is 6.33. The van der Waals surface area contributed by atoms with Crippen molar-refractivity contribution in [3.8, 4) is 11.3 Å². The van der Waals surface area contributed by atoms with Crippen LogP contribution in [-0.2, 0) is 6.42 Å². The molecular weight excluding hydrogens is 220 g/mol. The lowest BCUT2D eigenvalue weighted by Crippen LogP contribution is -2.09. The number of benzene rings is 1. The van der Waals surface area contributed by atoms with E-state index >= 15 is 0 Å². The molecule has 1 heterocycles. The summed E-state index contributed by atoms with van der Waals surface area (Å²) in [5.74, 6) is 0. The highest BCUT2D eigenvalue weighted by Gasteiger charge is 2.12. The molecule has 0 aliphatic carbocycles. The highest BCUT2D eigenvalue weighted by Crippen LogP contribution is 2.25. The van der Waals surface area contributed by atoms with E-state index in [0.29, 0.717) is 5.41 Å². The van der Waals surface area contributed by atoms with Crippen LogP contribution in [0, 0.1) is 12.3 Å². The van der Waals surface area contributed by atoms with E-state index < -0.39 is 0 Å². The Morgan fingerprint density at radius 3 is 2.44 bits per heavy atom. The van der Waals surface area contributed by atoms with Crippen molar-refractivity contribution in [3.05, 3.63) is 47.7 Å². The van der Waals surface area contributed by atoms with Gasteiger partial charge in [0.2, 0.25) is 0 Å². The maximum absolute atomic E-state index is 4.16. The quantitative estimate of drug-likeness (QED) is 0.791. The average molecular weight is 240 g/mol. The normalized spacial score (nSPS) is 11.6. The zero-order valence-electron chi connectivity index (χ0n) is 11.6. The second kappa shape index (κ2) is 4.89. The Balaban J connectivity index is 2.32. The summed E-state index contributed by atoms with van der Waals surface area (Å²) >= 11 is 0. The minimum Gasteiger partial charge on any atom is -0.159 e. The van der Waals surface area contributed by atoms with E-state index in [0.717, 1.165) is 12.1 Å². The highest BCUT2D eigenvalue weighted by molar-refractivity contribution is 5.63. The fourth-order valence-corrected chi connectivity index (χ4v) is 2.18. The third-order valence-corrected chi connectivity index (χ3v) is 2.87. The molecule has 0 saturated heterocycles. The van der Waals surface area contributed by atoms with E-state index in [1.54, 1.807) is 6.20 Å². The van der Waals surface area contributed by atoms with Crippen molar-refractivity contribution in [2.45, 2.75) is 34.1 Å². The van der Waals surface area contributed by atoms with Crippen LogP contribution in [0.1, 0.15) is 31.9 Å². The van der Waals surface area contributed by atoms with Crippen molar-refractivity contribution in [1.29, 1.82) is 0 Å². The summed E-state index contributed by atoms with van der Waals surface area (Å²) in [6, 6.07) is 10.5. The third-order valence-electron chi connectivity index (χ3n) is 2.87. The van der Waals surface area contributed by atoms with Crippen molar-refractivity contribution in [1.82, 2.24) is 10.2 Å². The summed E-state index contributed by atoms with van der Waals surface area (Å²) in [5, 5.41) is 8.10. The van der Waals surface area contributed by atoms with Crippen LogP contribution in [0.5, 0.6) is 0 Å². The summed E-state index contributed by atoms with van der Waals surface area (Å²) in [5.41, 5.74) is 5.07. The minimum absolute atomic E-state index is 0.320. The van der Waals surface area contributed by atoms with Gasteiger partial charge in [0.05, 0.1) is 5.69 Å². The van der Waals surface area contributed by atoms with Crippen molar-refractivity contribution in [2.75, 3.05) is 0 Å². The molecule has 2 aromatic rings. The molecule has 0 radical (unpaired) electrons. The van der Waals surface area contributed by atoms with Gasteiger partial charge in [0.1, 0.15) is 0 Å². The maximum atomic E-state index is 4.16. The van der Waals surface area contributed by atoms with Gasteiger partial charge in [-0.3, -0.25) is 0 Å². The Labute approximate surface area is 109 Å². The van der Waals surface area contributed by atoms with Crippen LogP contribution in [-0.4, -0.2) is 10.2 Å². The lowest BCUT2D eigenvalue weighted by molar-refractivity contribution is 0.411. The predicted octanol–water partition coefficient (Wildman–Crippen LogP) is 4.04. The molecule has 0 amide bonds. The zero-order valence-corrected chi connectivity index (χ0v) is 11.6. The molecule has 1 aromatic carbocycles. The molecule has 2 heteroatoms. The zero-order chi connectivity index (χ0) is 13.2. The monoisotopic (exact) mass is 240 g/mol. The Hall–Kier alpha value is -1.70. The van der Waals surface area contributed by atoms with E-state index in [9.17, 15) is 0 Å². The van der Waals surface area contributed by atoms with Crippen LogP contribution in [0.3, 0.4) is 0 Å². The van der Waals surface area contributed by atoms with Gasteiger partial charge in [0.15, 0.2) is 0 Å². The molecule has 0 saturated carbocycles. The number of aryl methyl sites for hydroxylation is 1. The fourth-order valence-electron chi connectivity index (χ4n) is 2.18. The summed E-state index contributed by atoms with van der Waals surface area (Å²) in [6.07, 6.45) is 2.79. The SMILES string of the molecule is Cc1cc(CC(C)(C)C)ccc1-c1cccnn1. The van der Waals surface area contributed by atoms with Gasteiger partial charge in [-0.2, -0.15) is 10.2 Å². The van der Waals surface area contributed by atoms with Crippen molar-refractivity contribution in [3.63, 3.8) is 0 Å². The summed E-state index contributed by atoms with van der Waals surface area (Å²) in [4.78, 5) is 0. The average Bonchev–Trinajstić information content (AvgIpc) is 2.28. The fraction of sp³-hybridized carbons (Fsp3) is 0.375. The predicted molar refractivity (Wildman–Crippen MR) is 75.4 cm³/mol. The Kier molecular flexibility index (Phi) is 3.46. The molecule has 2 nitrogen and oxygen atoms in total. The van der Waals surface area contributed by atoms with Gasteiger partial charge in [0, 0.05) is 11.8 Å². The molecule has 94 valence electrons. The largest absolute Gasteiger partial charge is 0.159 e. The topological polar surface area (TPSA) is 25.8 Å². The minimum atomic E-state index is 0.320. The molecule has 0 atom stereocenters. The first-order chi connectivity index (χ1) is 8.46. The summed E-state index contributed by atoms with van der Waals surface area (Å²) in [7, 11) is 0. The molecule has 2 rings (SSSR count). The molecule has 0 unspecified atom stereocenters. The molecule has 0 N–H and O–H groups in total. The standard InChI is InChI=1S/C16H20N2/c1-12-10-13(11-16(2,3)4)7-8-14(12)15-6-5-9-17-18-15/h5-10H,11H2,1-4H3. The van der Waals surface area contributed by atoms with Crippen LogP contribution in [0.15, 0.2) is 36.5 Å². The van der Waals surface area contributed by atoms with Crippen LogP contribution in [0.4, 0.5) is 0 Å². The van der Waals surface area contributed by atoms with Gasteiger partial charge in [-0.05, 0) is 42.0 Å².